The average molecular weight is 278 g/mol. The molecule has 0 amide bonds. The van der Waals surface area contributed by atoms with Crippen molar-refractivity contribution in [1.82, 2.24) is 5.32 Å². The van der Waals surface area contributed by atoms with Crippen LogP contribution >= 0.6 is 11.8 Å². The molecule has 2 aliphatic rings. The summed E-state index contributed by atoms with van der Waals surface area (Å²) >= 11 is 1.78. The van der Waals surface area contributed by atoms with E-state index >= 15 is 0 Å². The predicted molar refractivity (Wildman–Crippen MR) is 77.6 cm³/mol. The lowest BCUT2D eigenvalue weighted by atomic mass is 10.1. The molecule has 19 heavy (non-hydrogen) atoms. The summed E-state index contributed by atoms with van der Waals surface area (Å²) in [6.07, 6.45) is 0.111. The molecular weight excluding hydrogens is 260 g/mol. The van der Waals surface area contributed by atoms with Gasteiger partial charge < -0.3 is 14.8 Å². The SMILES string of the molecule is c1ccc(C2CSC(=NCC3COCCO3)N2)cc1. The number of aliphatic imine (C=N–C) groups is 1. The fourth-order valence-electron chi connectivity index (χ4n) is 2.18. The minimum absolute atomic E-state index is 0.111. The van der Waals surface area contributed by atoms with E-state index in [0.29, 0.717) is 32.4 Å². The number of nitrogens with zero attached hydrogens (tertiary/aromatic N) is 1. The number of nitrogens with one attached hydrogen (secondary N) is 1. The first kappa shape index (κ1) is 13.0. The van der Waals surface area contributed by atoms with E-state index in [-0.39, 0.29) is 6.10 Å². The van der Waals surface area contributed by atoms with Crippen LogP contribution in [0.5, 0.6) is 0 Å². The molecule has 102 valence electrons. The van der Waals surface area contributed by atoms with Crippen LogP contribution in [0.2, 0.25) is 0 Å². The predicted octanol–water partition coefficient (Wildman–Crippen LogP) is 1.84. The maximum Gasteiger partial charge on any atom is 0.157 e. The summed E-state index contributed by atoms with van der Waals surface area (Å²) < 4.78 is 10.9. The topological polar surface area (TPSA) is 42.9 Å². The van der Waals surface area contributed by atoms with Crippen molar-refractivity contribution in [3.63, 3.8) is 0 Å². The Balaban J connectivity index is 1.53. The van der Waals surface area contributed by atoms with E-state index in [1.54, 1.807) is 11.8 Å². The summed E-state index contributed by atoms with van der Waals surface area (Å²) in [6, 6.07) is 10.9. The Labute approximate surface area is 117 Å². The second-order valence-electron chi connectivity index (χ2n) is 4.63. The van der Waals surface area contributed by atoms with Gasteiger partial charge in [0, 0.05) is 5.75 Å². The highest BCUT2D eigenvalue weighted by molar-refractivity contribution is 8.14. The minimum atomic E-state index is 0.111. The number of ether oxygens (including phenoxy) is 2. The second kappa shape index (κ2) is 6.41. The third-order valence-electron chi connectivity index (χ3n) is 3.21. The highest BCUT2D eigenvalue weighted by Gasteiger charge is 2.22. The van der Waals surface area contributed by atoms with Crippen LogP contribution in [0.3, 0.4) is 0 Å². The molecule has 0 aromatic heterocycles. The van der Waals surface area contributed by atoms with Crippen LogP contribution in [0.1, 0.15) is 11.6 Å². The summed E-state index contributed by atoms with van der Waals surface area (Å²) in [6.45, 7) is 2.72. The second-order valence-corrected chi connectivity index (χ2v) is 5.64. The maximum absolute atomic E-state index is 5.58. The molecule has 0 bridgehead atoms. The zero-order valence-electron chi connectivity index (χ0n) is 10.7. The van der Waals surface area contributed by atoms with E-state index < -0.39 is 0 Å². The van der Waals surface area contributed by atoms with Gasteiger partial charge in [-0.15, -0.1) is 0 Å². The van der Waals surface area contributed by atoms with Crippen molar-refractivity contribution >= 4 is 16.9 Å². The van der Waals surface area contributed by atoms with Gasteiger partial charge in [0.25, 0.3) is 0 Å². The van der Waals surface area contributed by atoms with Crippen molar-refractivity contribution in [2.24, 2.45) is 4.99 Å². The Hall–Kier alpha value is -1.04. The van der Waals surface area contributed by atoms with Crippen LogP contribution in [0.25, 0.3) is 0 Å². The summed E-state index contributed by atoms with van der Waals surface area (Å²) in [5, 5.41) is 4.48. The number of hydrogen-bond donors (Lipinski definition) is 1. The standard InChI is InChI=1S/C14H18N2O2S/c1-2-4-11(5-3-1)13-10-19-14(16-13)15-8-12-9-17-6-7-18-12/h1-5,12-13H,6-10H2,(H,15,16). The lowest BCUT2D eigenvalue weighted by Crippen LogP contribution is -2.31. The van der Waals surface area contributed by atoms with Gasteiger partial charge in [-0.1, -0.05) is 42.1 Å². The number of hydrogen-bond acceptors (Lipinski definition) is 4. The van der Waals surface area contributed by atoms with Crippen molar-refractivity contribution in [2.45, 2.75) is 12.1 Å². The summed E-state index contributed by atoms with van der Waals surface area (Å²) in [4.78, 5) is 4.59. The van der Waals surface area contributed by atoms with E-state index in [4.69, 9.17) is 9.47 Å². The van der Waals surface area contributed by atoms with Gasteiger partial charge in [0.1, 0.15) is 6.10 Å². The molecule has 1 aromatic rings. The monoisotopic (exact) mass is 278 g/mol. The van der Waals surface area contributed by atoms with Crippen molar-refractivity contribution in [3.8, 4) is 0 Å². The molecule has 3 rings (SSSR count). The molecule has 2 saturated heterocycles. The fraction of sp³-hybridized carbons (Fsp3) is 0.500. The molecule has 2 fully saturated rings. The summed E-state index contributed by atoms with van der Waals surface area (Å²) in [5.74, 6) is 1.03. The Morgan fingerprint density at radius 2 is 2.16 bits per heavy atom. The molecule has 4 nitrogen and oxygen atoms in total. The van der Waals surface area contributed by atoms with Gasteiger partial charge in [-0.05, 0) is 5.56 Å². The van der Waals surface area contributed by atoms with Crippen LogP contribution < -0.4 is 5.32 Å². The molecule has 2 unspecified atom stereocenters. The molecule has 2 atom stereocenters. The van der Waals surface area contributed by atoms with Gasteiger partial charge in [-0.3, -0.25) is 4.99 Å². The molecule has 1 N–H and O–H groups in total. The molecule has 2 aliphatic heterocycles. The average Bonchev–Trinajstić information content (AvgIpc) is 2.96. The molecule has 0 saturated carbocycles. The molecule has 5 heteroatoms. The van der Waals surface area contributed by atoms with Gasteiger partial charge >= 0.3 is 0 Å². The Bertz CT molecular complexity index is 432. The number of benzene rings is 1. The van der Waals surface area contributed by atoms with Gasteiger partial charge in [-0.25, -0.2) is 0 Å². The van der Waals surface area contributed by atoms with Crippen molar-refractivity contribution in [3.05, 3.63) is 35.9 Å². The third kappa shape index (κ3) is 3.49. The van der Waals surface area contributed by atoms with Crippen LogP contribution in [0.15, 0.2) is 35.3 Å². The smallest absolute Gasteiger partial charge is 0.157 e. The Morgan fingerprint density at radius 3 is 2.95 bits per heavy atom. The molecular formula is C14H18N2O2S. The molecule has 0 radical (unpaired) electrons. The normalized spacial score (nSPS) is 29.4. The van der Waals surface area contributed by atoms with Gasteiger partial charge in [0.15, 0.2) is 5.17 Å². The number of amidine groups is 1. The summed E-state index contributed by atoms with van der Waals surface area (Å²) in [5.41, 5.74) is 1.32. The van der Waals surface area contributed by atoms with E-state index in [0.717, 1.165) is 10.9 Å². The number of rotatable bonds is 3. The van der Waals surface area contributed by atoms with Crippen LogP contribution in [0.4, 0.5) is 0 Å². The van der Waals surface area contributed by atoms with Gasteiger partial charge in [0.05, 0.1) is 32.4 Å². The number of thioether (sulfide) groups is 1. The van der Waals surface area contributed by atoms with E-state index in [9.17, 15) is 0 Å². The first-order valence-corrected chi connectivity index (χ1v) is 7.58. The van der Waals surface area contributed by atoms with Crippen molar-refractivity contribution in [2.75, 3.05) is 32.1 Å². The zero-order valence-corrected chi connectivity index (χ0v) is 11.6. The van der Waals surface area contributed by atoms with Crippen molar-refractivity contribution < 1.29 is 9.47 Å². The third-order valence-corrected chi connectivity index (χ3v) is 4.23. The molecule has 0 aliphatic carbocycles. The largest absolute Gasteiger partial charge is 0.376 e. The van der Waals surface area contributed by atoms with E-state index in [1.807, 2.05) is 6.07 Å². The Morgan fingerprint density at radius 1 is 1.26 bits per heavy atom. The van der Waals surface area contributed by atoms with Gasteiger partial charge in [0.2, 0.25) is 0 Å². The van der Waals surface area contributed by atoms with Crippen LogP contribution in [-0.4, -0.2) is 43.4 Å². The first-order valence-electron chi connectivity index (χ1n) is 6.60. The Kier molecular flexibility index (Phi) is 4.37. The molecule has 0 spiro atoms. The van der Waals surface area contributed by atoms with E-state index in [1.165, 1.54) is 5.56 Å². The van der Waals surface area contributed by atoms with E-state index in [2.05, 4.69) is 34.6 Å². The first-order chi connectivity index (χ1) is 9.42. The minimum Gasteiger partial charge on any atom is -0.376 e. The molecule has 1 aromatic carbocycles. The lowest BCUT2D eigenvalue weighted by molar-refractivity contribution is -0.0832. The van der Waals surface area contributed by atoms with Crippen LogP contribution in [0, 0.1) is 0 Å². The zero-order chi connectivity index (χ0) is 12.9. The lowest BCUT2D eigenvalue weighted by Gasteiger charge is -2.21. The fourth-order valence-corrected chi connectivity index (χ4v) is 3.17. The van der Waals surface area contributed by atoms with Crippen molar-refractivity contribution in [1.29, 1.82) is 0 Å². The highest BCUT2D eigenvalue weighted by Crippen LogP contribution is 2.25. The molecule has 2 heterocycles. The highest BCUT2D eigenvalue weighted by atomic mass is 32.2. The van der Waals surface area contributed by atoms with Crippen LogP contribution in [-0.2, 0) is 9.47 Å². The maximum atomic E-state index is 5.58. The summed E-state index contributed by atoms with van der Waals surface area (Å²) in [7, 11) is 0. The van der Waals surface area contributed by atoms with Gasteiger partial charge in [-0.2, -0.15) is 0 Å². The quantitative estimate of drug-likeness (QED) is 0.916.